The summed E-state index contributed by atoms with van der Waals surface area (Å²) in [5.41, 5.74) is -2.05. The predicted molar refractivity (Wildman–Crippen MR) is 59.0 cm³/mol. The van der Waals surface area contributed by atoms with Gasteiger partial charge in [-0.3, -0.25) is 4.68 Å². The Morgan fingerprint density at radius 2 is 1.95 bits per heavy atom. The van der Waals surface area contributed by atoms with Crippen molar-refractivity contribution in [3.63, 3.8) is 0 Å². The number of halogens is 5. The van der Waals surface area contributed by atoms with Gasteiger partial charge in [0.15, 0.2) is 5.69 Å². The lowest BCUT2D eigenvalue weighted by molar-refractivity contribution is -0.142. The van der Waals surface area contributed by atoms with E-state index in [1.807, 2.05) is 0 Å². The van der Waals surface area contributed by atoms with Crippen molar-refractivity contribution in [2.45, 2.75) is 51.8 Å². The van der Waals surface area contributed by atoms with Crippen molar-refractivity contribution in [1.29, 1.82) is 0 Å². The highest BCUT2D eigenvalue weighted by Gasteiger charge is 2.52. The highest BCUT2D eigenvalue weighted by Crippen LogP contribution is 2.52. The minimum atomic E-state index is -4.69. The van der Waals surface area contributed by atoms with Gasteiger partial charge < -0.3 is 0 Å². The van der Waals surface area contributed by atoms with Crippen molar-refractivity contribution in [3.05, 3.63) is 17.0 Å². The lowest BCUT2D eigenvalue weighted by atomic mass is 10.0. The first kappa shape index (κ1) is 14.3. The Morgan fingerprint density at radius 3 is 2.42 bits per heavy atom. The van der Waals surface area contributed by atoms with Gasteiger partial charge in [0.1, 0.15) is 5.69 Å². The molecule has 0 aliphatic heterocycles. The van der Waals surface area contributed by atoms with E-state index in [2.05, 4.69) is 5.10 Å². The van der Waals surface area contributed by atoms with E-state index in [0.29, 0.717) is 0 Å². The first-order valence-electron chi connectivity index (χ1n) is 6.10. The average molecular weight is 282 g/mol. The Hall–Kier alpha value is -1.14. The highest BCUT2D eigenvalue weighted by molar-refractivity contribution is 5.39. The first-order valence-corrected chi connectivity index (χ1v) is 6.10. The van der Waals surface area contributed by atoms with Gasteiger partial charge in [-0.1, -0.05) is 20.8 Å². The van der Waals surface area contributed by atoms with Crippen molar-refractivity contribution in [3.8, 4) is 0 Å². The van der Waals surface area contributed by atoms with Crippen LogP contribution in [0.4, 0.5) is 22.0 Å². The van der Waals surface area contributed by atoms with Crippen LogP contribution in [0.3, 0.4) is 0 Å². The molecule has 1 aliphatic rings. The number of rotatable bonds is 2. The lowest BCUT2D eigenvalue weighted by Gasteiger charge is -2.15. The number of alkyl halides is 5. The van der Waals surface area contributed by atoms with E-state index >= 15 is 0 Å². The summed E-state index contributed by atoms with van der Waals surface area (Å²) in [6.07, 6.45) is -5.28. The molecular weight excluding hydrogens is 267 g/mol. The maximum atomic E-state index is 13.9. The summed E-state index contributed by atoms with van der Waals surface area (Å²) in [6.45, 7) is 4.94. The third kappa shape index (κ3) is 2.34. The largest absolute Gasteiger partial charge is 0.435 e. The van der Waals surface area contributed by atoms with Crippen LogP contribution < -0.4 is 0 Å². The molecule has 1 aliphatic carbocycles. The summed E-state index contributed by atoms with van der Waals surface area (Å²) in [7, 11) is 0. The van der Waals surface area contributed by atoms with Crippen molar-refractivity contribution >= 4 is 0 Å². The number of aromatic nitrogens is 2. The molecule has 0 aromatic carbocycles. The molecule has 0 spiro atoms. The zero-order valence-corrected chi connectivity index (χ0v) is 10.9. The predicted octanol–water partition coefficient (Wildman–Crippen LogP) is 4.16. The van der Waals surface area contributed by atoms with Crippen LogP contribution in [-0.2, 0) is 18.6 Å². The van der Waals surface area contributed by atoms with Crippen LogP contribution in [-0.4, -0.2) is 9.78 Å². The quantitative estimate of drug-likeness (QED) is 0.745. The van der Waals surface area contributed by atoms with Gasteiger partial charge >= 0.3 is 6.18 Å². The minimum absolute atomic E-state index is 0.0563. The van der Waals surface area contributed by atoms with Gasteiger partial charge in [-0.15, -0.1) is 0 Å². The van der Waals surface area contributed by atoms with Gasteiger partial charge in [-0.05, 0) is 11.8 Å². The normalized spacial score (nSPS) is 22.1. The van der Waals surface area contributed by atoms with Crippen LogP contribution in [0, 0.1) is 5.92 Å². The standard InChI is InChI=1S/C12H15F5N2/c1-6(2)5-19-10-8(7(3)4-11(10,13)14)9(18-19)12(15,16)17/h6-7H,4-5H2,1-3H3. The lowest BCUT2D eigenvalue weighted by Crippen LogP contribution is -2.19. The fourth-order valence-electron chi connectivity index (χ4n) is 2.60. The smallest absolute Gasteiger partial charge is 0.262 e. The van der Waals surface area contributed by atoms with E-state index in [1.165, 1.54) is 6.92 Å². The van der Waals surface area contributed by atoms with E-state index in [9.17, 15) is 22.0 Å². The molecule has 2 nitrogen and oxygen atoms in total. The monoisotopic (exact) mass is 282 g/mol. The second-order valence-corrected chi connectivity index (χ2v) is 5.49. The molecule has 0 saturated carbocycles. The van der Waals surface area contributed by atoms with E-state index in [4.69, 9.17) is 0 Å². The fourth-order valence-corrected chi connectivity index (χ4v) is 2.60. The maximum absolute atomic E-state index is 13.9. The van der Waals surface area contributed by atoms with Crippen LogP contribution >= 0.6 is 0 Å². The fraction of sp³-hybridized carbons (Fsp3) is 0.750. The summed E-state index contributed by atoms with van der Waals surface area (Å²) < 4.78 is 67.3. The molecule has 0 N–H and O–H groups in total. The number of hydrogen-bond donors (Lipinski definition) is 0. The van der Waals surface area contributed by atoms with Gasteiger partial charge in [0, 0.05) is 18.5 Å². The molecule has 1 heterocycles. The van der Waals surface area contributed by atoms with Crippen molar-refractivity contribution in [2.24, 2.45) is 5.92 Å². The molecule has 1 unspecified atom stereocenters. The molecule has 0 saturated heterocycles. The highest BCUT2D eigenvalue weighted by atomic mass is 19.4. The van der Waals surface area contributed by atoms with Crippen LogP contribution in [0.1, 0.15) is 50.1 Å². The summed E-state index contributed by atoms with van der Waals surface area (Å²) >= 11 is 0. The van der Waals surface area contributed by atoms with Gasteiger partial charge in [0.05, 0.1) is 0 Å². The SMILES string of the molecule is CC(C)Cn1nc(C(F)(F)F)c2c1C(F)(F)CC2C. The van der Waals surface area contributed by atoms with Gasteiger partial charge in [0.2, 0.25) is 0 Å². The Kier molecular flexibility index (Phi) is 3.14. The molecule has 7 heteroatoms. The van der Waals surface area contributed by atoms with Crippen LogP contribution in [0.5, 0.6) is 0 Å². The maximum Gasteiger partial charge on any atom is 0.435 e. The molecule has 1 atom stereocenters. The summed E-state index contributed by atoms with van der Waals surface area (Å²) in [5.74, 6) is -4.13. The Morgan fingerprint density at radius 1 is 1.37 bits per heavy atom. The second-order valence-electron chi connectivity index (χ2n) is 5.49. The van der Waals surface area contributed by atoms with Crippen molar-refractivity contribution < 1.29 is 22.0 Å². The molecule has 0 bridgehead atoms. The van der Waals surface area contributed by atoms with Gasteiger partial charge in [-0.2, -0.15) is 27.1 Å². The van der Waals surface area contributed by atoms with Gasteiger partial charge in [0.25, 0.3) is 5.92 Å². The number of fused-ring (bicyclic) bond motifs is 1. The zero-order valence-electron chi connectivity index (χ0n) is 10.9. The molecule has 1 aromatic heterocycles. The molecule has 2 rings (SSSR count). The summed E-state index contributed by atoms with van der Waals surface area (Å²) in [4.78, 5) is 0. The number of hydrogen-bond acceptors (Lipinski definition) is 1. The molecule has 0 fully saturated rings. The van der Waals surface area contributed by atoms with E-state index in [1.54, 1.807) is 13.8 Å². The summed E-state index contributed by atoms with van der Waals surface area (Å²) in [5, 5.41) is 3.40. The minimum Gasteiger partial charge on any atom is -0.262 e. The Labute approximate surface area is 107 Å². The van der Waals surface area contributed by atoms with Crippen LogP contribution in [0.2, 0.25) is 0 Å². The van der Waals surface area contributed by atoms with E-state index < -0.39 is 35.8 Å². The Balaban J connectivity index is 2.63. The zero-order chi connectivity index (χ0) is 14.6. The average Bonchev–Trinajstić information content (AvgIpc) is 2.64. The van der Waals surface area contributed by atoms with Crippen LogP contribution in [0.25, 0.3) is 0 Å². The van der Waals surface area contributed by atoms with Crippen molar-refractivity contribution in [2.75, 3.05) is 0 Å². The molecule has 1 aromatic rings. The third-order valence-corrected chi connectivity index (χ3v) is 3.20. The van der Waals surface area contributed by atoms with Crippen molar-refractivity contribution in [1.82, 2.24) is 9.78 Å². The third-order valence-electron chi connectivity index (χ3n) is 3.20. The molecule has 108 valence electrons. The summed E-state index contributed by atoms with van der Waals surface area (Å²) in [6, 6.07) is 0. The first-order chi connectivity index (χ1) is 8.54. The van der Waals surface area contributed by atoms with E-state index in [-0.39, 0.29) is 18.0 Å². The second kappa shape index (κ2) is 4.18. The number of nitrogens with zero attached hydrogens (tertiary/aromatic N) is 2. The van der Waals surface area contributed by atoms with Crippen LogP contribution in [0.15, 0.2) is 0 Å². The molecule has 0 radical (unpaired) electrons. The topological polar surface area (TPSA) is 17.8 Å². The molecule has 0 amide bonds. The Bertz CT molecular complexity index is 487. The molecule has 19 heavy (non-hydrogen) atoms. The van der Waals surface area contributed by atoms with Gasteiger partial charge in [-0.25, -0.2) is 0 Å². The molecular formula is C12H15F5N2. The van der Waals surface area contributed by atoms with E-state index in [0.717, 1.165) is 4.68 Å².